The first-order chi connectivity index (χ1) is 8.51. The molecule has 1 aromatic rings. The number of anilines is 1. The van der Waals surface area contributed by atoms with Crippen LogP contribution in [0, 0.1) is 5.92 Å². The van der Waals surface area contributed by atoms with Gasteiger partial charge in [0.1, 0.15) is 0 Å². The van der Waals surface area contributed by atoms with Crippen molar-refractivity contribution in [2.75, 3.05) is 24.0 Å². The van der Waals surface area contributed by atoms with Gasteiger partial charge in [0.05, 0.1) is 5.69 Å². The zero-order valence-electron chi connectivity index (χ0n) is 10.4. The van der Waals surface area contributed by atoms with Crippen molar-refractivity contribution in [3.05, 3.63) is 18.3 Å². The Morgan fingerprint density at radius 3 is 2.89 bits per heavy atom. The molecule has 0 aliphatic rings. The molecule has 18 heavy (non-hydrogen) atoms. The maximum absolute atomic E-state index is 12.0. The number of nitrogen functional groups attached to an aromatic ring is 1. The number of sulfonamides is 1. The third kappa shape index (κ3) is 4.13. The molecule has 0 amide bonds. The van der Waals surface area contributed by atoms with E-state index in [0.29, 0.717) is 6.54 Å². The number of nitrogens with zero attached hydrogens (tertiary/aromatic N) is 1. The van der Waals surface area contributed by atoms with Gasteiger partial charge in [-0.15, -0.1) is 0 Å². The summed E-state index contributed by atoms with van der Waals surface area (Å²) in [6, 6.07) is 3.18. The predicted octanol–water partition coefficient (Wildman–Crippen LogP) is 0.645. The first kappa shape index (κ1) is 15.2. The zero-order valence-corrected chi connectivity index (χ0v) is 12.0. The van der Waals surface area contributed by atoms with Gasteiger partial charge < -0.3 is 5.43 Å². The summed E-state index contributed by atoms with van der Waals surface area (Å²) in [5.74, 6) is 6.42. The van der Waals surface area contributed by atoms with Crippen LogP contribution in [-0.2, 0) is 10.0 Å². The van der Waals surface area contributed by atoms with Gasteiger partial charge in [-0.3, -0.25) is 5.84 Å². The molecule has 0 radical (unpaired) electrons. The van der Waals surface area contributed by atoms with Crippen LogP contribution in [0.25, 0.3) is 0 Å². The first-order valence-corrected chi connectivity index (χ1v) is 8.29. The van der Waals surface area contributed by atoms with E-state index in [1.165, 1.54) is 6.20 Å². The average Bonchev–Trinajstić information content (AvgIpc) is 2.37. The molecule has 0 aliphatic carbocycles. The van der Waals surface area contributed by atoms with Gasteiger partial charge in [0.2, 0.25) is 0 Å². The Bertz CT molecular complexity index is 479. The van der Waals surface area contributed by atoms with Crippen molar-refractivity contribution in [1.82, 2.24) is 9.71 Å². The lowest BCUT2D eigenvalue weighted by molar-refractivity contribution is 0.559. The van der Waals surface area contributed by atoms with Gasteiger partial charge in [-0.05, 0) is 30.1 Å². The molecule has 0 spiro atoms. The Morgan fingerprint density at radius 2 is 2.28 bits per heavy atom. The fraction of sp³-hybridized carbons (Fsp3) is 0.500. The van der Waals surface area contributed by atoms with Gasteiger partial charge in [-0.2, -0.15) is 11.8 Å². The van der Waals surface area contributed by atoms with E-state index in [0.717, 1.165) is 5.75 Å². The van der Waals surface area contributed by atoms with Crippen molar-refractivity contribution in [3.8, 4) is 0 Å². The average molecular weight is 290 g/mol. The second kappa shape index (κ2) is 6.93. The molecule has 1 atom stereocenters. The van der Waals surface area contributed by atoms with E-state index in [-0.39, 0.29) is 16.6 Å². The highest BCUT2D eigenvalue weighted by molar-refractivity contribution is 7.98. The third-order valence-electron chi connectivity index (χ3n) is 2.25. The largest absolute Gasteiger partial charge is 0.321 e. The number of rotatable bonds is 7. The summed E-state index contributed by atoms with van der Waals surface area (Å²) in [7, 11) is -3.63. The molecular weight excluding hydrogens is 272 g/mol. The molecule has 0 aromatic carbocycles. The van der Waals surface area contributed by atoms with Gasteiger partial charge >= 0.3 is 0 Å². The molecule has 1 rings (SSSR count). The molecule has 8 heteroatoms. The van der Waals surface area contributed by atoms with Crippen molar-refractivity contribution in [1.29, 1.82) is 0 Å². The van der Waals surface area contributed by atoms with Crippen LogP contribution >= 0.6 is 11.8 Å². The van der Waals surface area contributed by atoms with Crippen LogP contribution in [0.1, 0.15) is 6.92 Å². The lowest BCUT2D eigenvalue weighted by atomic mass is 10.2. The summed E-state index contributed by atoms with van der Waals surface area (Å²) >= 11 is 1.68. The monoisotopic (exact) mass is 290 g/mol. The van der Waals surface area contributed by atoms with Crippen molar-refractivity contribution in [3.63, 3.8) is 0 Å². The number of pyridine rings is 1. The minimum Gasteiger partial charge on any atom is -0.321 e. The Labute approximate surface area is 112 Å². The Morgan fingerprint density at radius 1 is 1.56 bits per heavy atom. The molecule has 1 heterocycles. The lowest BCUT2D eigenvalue weighted by Crippen LogP contribution is -2.30. The van der Waals surface area contributed by atoms with E-state index in [2.05, 4.69) is 15.1 Å². The lowest BCUT2D eigenvalue weighted by Gasteiger charge is -2.13. The zero-order chi connectivity index (χ0) is 13.6. The Kier molecular flexibility index (Phi) is 5.86. The minimum atomic E-state index is -3.63. The summed E-state index contributed by atoms with van der Waals surface area (Å²) in [5, 5.41) is -0.0798. The van der Waals surface area contributed by atoms with Crippen LogP contribution in [0.5, 0.6) is 0 Å². The molecule has 1 aromatic heterocycles. The number of hydrogen-bond acceptors (Lipinski definition) is 6. The maximum Gasteiger partial charge on any atom is 0.260 e. The summed E-state index contributed by atoms with van der Waals surface area (Å²) in [6.07, 6.45) is 3.40. The molecule has 4 N–H and O–H groups in total. The normalized spacial score (nSPS) is 13.3. The van der Waals surface area contributed by atoms with E-state index in [9.17, 15) is 8.42 Å². The van der Waals surface area contributed by atoms with Gasteiger partial charge in [-0.1, -0.05) is 6.92 Å². The van der Waals surface area contributed by atoms with Crippen LogP contribution in [0.2, 0.25) is 0 Å². The molecule has 1 unspecified atom stereocenters. The Balaban J connectivity index is 2.80. The van der Waals surface area contributed by atoms with Crippen molar-refractivity contribution < 1.29 is 8.42 Å². The number of aromatic nitrogens is 1. The fourth-order valence-electron chi connectivity index (χ4n) is 1.38. The smallest absolute Gasteiger partial charge is 0.260 e. The highest BCUT2D eigenvalue weighted by Crippen LogP contribution is 2.16. The molecule has 0 fully saturated rings. The van der Waals surface area contributed by atoms with Crippen LogP contribution in [0.4, 0.5) is 5.69 Å². The van der Waals surface area contributed by atoms with Crippen molar-refractivity contribution >= 4 is 27.5 Å². The van der Waals surface area contributed by atoms with E-state index in [4.69, 9.17) is 5.84 Å². The van der Waals surface area contributed by atoms with Crippen molar-refractivity contribution in [2.24, 2.45) is 11.8 Å². The van der Waals surface area contributed by atoms with E-state index < -0.39 is 10.0 Å². The number of hydrogen-bond donors (Lipinski definition) is 3. The van der Waals surface area contributed by atoms with Crippen LogP contribution in [0.3, 0.4) is 0 Å². The second-order valence-corrected chi connectivity index (χ2v) is 6.51. The first-order valence-electron chi connectivity index (χ1n) is 5.41. The fourth-order valence-corrected chi connectivity index (χ4v) is 3.32. The third-order valence-corrected chi connectivity index (χ3v) is 4.54. The van der Waals surface area contributed by atoms with E-state index in [1.807, 2.05) is 13.2 Å². The molecule has 0 saturated carbocycles. The SMILES string of the molecule is CSCC(C)CNS(=O)(=O)c1ncccc1NN. The van der Waals surface area contributed by atoms with E-state index in [1.54, 1.807) is 23.9 Å². The topological polar surface area (TPSA) is 97.1 Å². The molecule has 0 aliphatic heterocycles. The van der Waals surface area contributed by atoms with Gasteiger partial charge in [0.25, 0.3) is 10.0 Å². The summed E-state index contributed by atoms with van der Waals surface area (Å²) in [6.45, 7) is 2.36. The Hall–Kier alpha value is -0.830. The summed E-state index contributed by atoms with van der Waals surface area (Å²) in [5.41, 5.74) is 2.61. The predicted molar refractivity (Wildman–Crippen MR) is 74.8 cm³/mol. The van der Waals surface area contributed by atoms with Gasteiger partial charge in [0, 0.05) is 12.7 Å². The standard InChI is InChI=1S/C10H18N4O2S2/c1-8(7-17-2)6-13-18(15,16)10-9(14-11)4-3-5-12-10/h3-5,8,13-14H,6-7,11H2,1-2H3. The molecule has 6 nitrogen and oxygen atoms in total. The number of hydrazine groups is 1. The summed E-state index contributed by atoms with van der Waals surface area (Å²) in [4.78, 5) is 3.85. The van der Waals surface area contributed by atoms with Gasteiger partial charge in [-0.25, -0.2) is 18.1 Å². The van der Waals surface area contributed by atoms with Gasteiger partial charge in [0.15, 0.2) is 5.03 Å². The highest BCUT2D eigenvalue weighted by Gasteiger charge is 2.20. The van der Waals surface area contributed by atoms with Crippen molar-refractivity contribution in [2.45, 2.75) is 11.9 Å². The number of thioether (sulfide) groups is 1. The molecule has 0 saturated heterocycles. The van der Waals surface area contributed by atoms with E-state index >= 15 is 0 Å². The van der Waals surface area contributed by atoms with Crippen LogP contribution in [-0.4, -0.2) is 32.0 Å². The highest BCUT2D eigenvalue weighted by atomic mass is 32.2. The van der Waals surface area contributed by atoms with Crippen LogP contribution in [0.15, 0.2) is 23.4 Å². The van der Waals surface area contributed by atoms with Crippen LogP contribution < -0.4 is 16.0 Å². The minimum absolute atomic E-state index is 0.0798. The number of nitrogens with one attached hydrogen (secondary N) is 2. The maximum atomic E-state index is 12.0. The molecule has 0 bridgehead atoms. The second-order valence-electron chi connectivity index (χ2n) is 3.91. The molecular formula is C10H18N4O2S2. The quantitative estimate of drug-likeness (QED) is 0.504. The number of nitrogens with two attached hydrogens (primary N) is 1. The summed E-state index contributed by atoms with van der Waals surface area (Å²) < 4.78 is 26.6. The molecule has 102 valence electrons.